The van der Waals surface area contributed by atoms with E-state index < -0.39 is 5.60 Å². The minimum absolute atomic E-state index is 0.0899. The van der Waals surface area contributed by atoms with Gasteiger partial charge in [-0.1, -0.05) is 6.92 Å². The first-order valence-electron chi connectivity index (χ1n) is 8.15. The van der Waals surface area contributed by atoms with Crippen LogP contribution in [0.2, 0.25) is 0 Å². The molecule has 5 heteroatoms. The molecule has 1 unspecified atom stereocenters. The molecular weight excluding hydrogens is 278 g/mol. The van der Waals surface area contributed by atoms with E-state index in [0.717, 1.165) is 32.5 Å². The lowest BCUT2D eigenvalue weighted by atomic mass is 10.2. The van der Waals surface area contributed by atoms with Crippen molar-refractivity contribution in [3.63, 3.8) is 0 Å². The lowest BCUT2D eigenvalue weighted by Gasteiger charge is -2.22. The quantitative estimate of drug-likeness (QED) is 0.725. The molecule has 0 bridgehead atoms. The summed E-state index contributed by atoms with van der Waals surface area (Å²) in [6.07, 6.45) is 5.97. The van der Waals surface area contributed by atoms with E-state index in [-0.39, 0.29) is 12.1 Å². The van der Waals surface area contributed by atoms with E-state index in [9.17, 15) is 4.79 Å². The van der Waals surface area contributed by atoms with Gasteiger partial charge in [0.15, 0.2) is 0 Å². The first kappa shape index (κ1) is 18.6. The van der Waals surface area contributed by atoms with Crippen LogP contribution in [0, 0.1) is 0 Å². The predicted molar refractivity (Wildman–Crippen MR) is 89.9 cm³/mol. The third kappa shape index (κ3) is 8.08. The molecule has 0 saturated carbocycles. The SMILES string of the molecule is CCCn1ccc(CNCCC(C)NC(=O)OC(C)(C)C)c1. The van der Waals surface area contributed by atoms with Crippen LogP contribution in [0.4, 0.5) is 4.79 Å². The molecule has 1 rings (SSSR count). The normalized spacial score (nSPS) is 13.0. The van der Waals surface area contributed by atoms with E-state index in [2.05, 4.69) is 40.6 Å². The van der Waals surface area contributed by atoms with E-state index in [0.29, 0.717) is 0 Å². The molecule has 22 heavy (non-hydrogen) atoms. The summed E-state index contributed by atoms with van der Waals surface area (Å²) in [5.41, 5.74) is 0.842. The van der Waals surface area contributed by atoms with Crippen LogP contribution in [0.1, 0.15) is 53.0 Å². The van der Waals surface area contributed by atoms with Crippen molar-refractivity contribution >= 4 is 6.09 Å². The predicted octanol–water partition coefficient (Wildman–Crippen LogP) is 3.29. The van der Waals surface area contributed by atoms with Crippen LogP contribution in [0.5, 0.6) is 0 Å². The molecule has 0 saturated heterocycles. The maximum atomic E-state index is 11.6. The van der Waals surface area contributed by atoms with Gasteiger partial charge in [0.05, 0.1) is 0 Å². The number of carbonyl (C=O) groups excluding carboxylic acids is 1. The molecule has 1 atom stereocenters. The van der Waals surface area contributed by atoms with Gasteiger partial charge < -0.3 is 19.9 Å². The smallest absolute Gasteiger partial charge is 0.407 e. The highest BCUT2D eigenvalue weighted by Crippen LogP contribution is 2.07. The van der Waals surface area contributed by atoms with E-state index >= 15 is 0 Å². The first-order valence-corrected chi connectivity index (χ1v) is 8.15. The van der Waals surface area contributed by atoms with Crippen LogP contribution in [0.15, 0.2) is 18.5 Å². The van der Waals surface area contributed by atoms with Crippen molar-refractivity contribution in [3.8, 4) is 0 Å². The second-order valence-electron chi connectivity index (χ2n) is 6.77. The third-order valence-corrected chi connectivity index (χ3v) is 3.14. The van der Waals surface area contributed by atoms with E-state index in [1.54, 1.807) is 0 Å². The van der Waals surface area contributed by atoms with Crippen LogP contribution in [0.25, 0.3) is 0 Å². The summed E-state index contributed by atoms with van der Waals surface area (Å²) in [5, 5.41) is 6.25. The summed E-state index contributed by atoms with van der Waals surface area (Å²) in [6, 6.07) is 2.23. The number of ether oxygens (including phenoxy) is 1. The minimum Gasteiger partial charge on any atom is -0.444 e. The topological polar surface area (TPSA) is 55.3 Å². The molecule has 2 N–H and O–H groups in total. The summed E-state index contributed by atoms with van der Waals surface area (Å²) in [6.45, 7) is 12.5. The maximum Gasteiger partial charge on any atom is 0.407 e. The Morgan fingerprint density at radius 3 is 2.77 bits per heavy atom. The zero-order valence-corrected chi connectivity index (χ0v) is 14.6. The van der Waals surface area contributed by atoms with Crippen LogP contribution in [0.3, 0.4) is 0 Å². The molecule has 1 amide bonds. The standard InChI is InChI=1S/C17H31N3O2/c1-6-10-20-11-8-15(13-20)12-18-9-7-14(2)19-16(21)22-17(3,4)5/h8,11,13-14,18H,6-7,9-10,12H2,1-5H3,(H,19,21). The minimum atomic E-state index is -0.451. The highest BCUT2D eigenvalue weighted by Gasteiger charge is 2.17. The number of aromatic nitrogens is 1. The number of carbonyl (C=O) groups is 1. The largest absolute Gasteiger partial charge is 0.444 e. The van der Waals surface area contributed by atoms with Crippen LogP contribution < -0.4 is 10.6 Å². The van der Waals surface area contributed by atoms with Gasteiger partial charge in [0.2, 0.25) is 0 Å². The van der Waals surface area contributed by atoms with Crippen LogP contribution >= 0.6 is 0 Å². The van der Waals surface area contributed by atoms with Gasteiger partial charge in [0, 0.05) is 31.5 Å². The number of alkyl carbamates (subject to hydrolysis) is 1. The summed E-state index contributed by atoms with van der Waals surface area (Å²) >= 11 is 0. The number of nitrogens with one attached hydrogen (secondary N) is 2. The van der Waals surface area contributed by atoms with E-state index in [4.69, 9.17) is 4.74 Å². The average molecular weight is 309 g/mol. The molecule has 1 aromatic rings. The van der Waals surface area contributed by atoms with Gasteiger partial charge in [-0.3, -0.25) is 0 Å². The second kappa shape index (κ2) is 8.83. The summed E-state index contributed by atoms with van der Waals surface area (Å²) in [4.78, 5) is 11.6. The van der Waals surface area contributed by atoms with Gasteiger partial charge in [-0.25, -0.2) is 4.79 Å². The summed E-state index contributed by atoms with van der Waals surface area (Å²) < 4.78 is 7.45. The molecule has 1 heterocycles. The maximum absolute atomic E-state index is 11.6. The number of hydrogen-bond acceptors (Lipinski definition) is 3. The Kier molecular flexibility index (Phi) is 7.45. The fraction of sp³-hybridized carbons (Fsp3) is 0.706. The fourth-order valence-corrected chi connectivity index (χ4v) is 2.12. The average Bonchev–Trinajstić information content (AvgIpc) is 2.80. The Hall–Kier alpha value is -1.49. The molecular formula is C17H31N3O2. The highest BCUT2D eigenvalue weighted by molar-refractivity contribution is 5.67. The Balaban J connectivity index is 2.16. The number of aryl methyl sites for hydroxylation is 1. The molecule has 0 fully saturated rings. The highest BCUT2D eigenvalue weighted by atomic mass is 16.6. The van der Waals surface area contributed by atoms with Crippen molar-refractivity contribution in [3.05, 3.63) is 24.0 Å². The fourth-order valence-electron chi connectivity index (χ4n) is 2.12. The number of amides is 1. The second-order valence-corrected chi connectivity index (χ2v) is 6.77. The number of nitrogens with zero attached hydrogens (tertiary/aromatic N) is 1. The Morgan fingerprint density at radius 2 is 2.14 bits per heavy atom. The Morgan fingerprint density at radius 1 is 1.41 bits per heavy atom. The van der Waals surface area contributed by atoms with Crippen LogP contribution in [-0.4, -0.2) is 28.8 Å². The summed E-state index contributed by atoms with van der Waals surface area (Å²) in [5.74, 6) is 0. The van der Waals surface area contributed by atoms with Crippen LogP contribution in [-0.2, 0) is 17.8 Å². The monoisotopic (exact) mass is 309 g/mol. The van der Waals surface area contributed by atoms with Crippen molar-refractivity contribution in [1.82, 2.24) is 15.2 Å². The summed E-state index contributed by atoms with van der Waals surface area (Å²) in [7, 11) is 0. The molecule has 1 aromatic heterocycles. The van der Waals surface area contributed by atoms with Gasteiger partial charge in [-0.05, 0) is 58.7 Å². The van der Waals surface area contributed by atoms with Gasteiger partial charge in [0.25, 0.3) is 0 Å². The van der Waals surface area contributed by atoms with Crippen molar-refractivity contribution in [2.24, 2.45) is 0 Å². The third-order valence-electron chi connectivity index (χ3n) is 3.14. The lowest BCUT2D eigenvalue weighted by molar-refractivity contribution is 0.0506. The molecule has 126 valence electrons. The van der Waals surface area contributed by atoms with Gasteiger partial charge in [-0.2, -0.15) is 0 Å². The lowest BCUT2D eigenvalue weighted by Crippen LogP contribution is -2.38. The van der Waals surface area contributed by atoms with E-state index in [1.807, 2.05) is 27.7 Å². The molecule has 0 aliphatic heterocycles. The molecule has 0 spiro atoms. The van der Waals surface area contributed by atoms with Crippen molar-refractivity contribution in [1.29, 1.82) is 0 Å². The van der Waals surface area contributed by atoms with Gasteiger partial charge in [0.1, 0.15) is 5.60 Å². The molecule has 0 radical (unpaired) electrons. The van der Waals surface area contributed by atoms with Gasteiger partial charge >= 0.3 is 6.09 Å². The molecule has 5 nitrogen and oxygen atoms in total. The number of rotatable bonds is 8. The van der Waals surface area contributed by atoms with Gasteiger partial charge in [-0.15, -0.1) is 0 Å². The first-order chi connectivity index (χ1) is 10.3. The number of hydrogen-bond donors (Lipinski definition) is 2. The van der Waals surface area contributed by atoms with Crippen molar-refractivity contribution in [2.75, 3.05) is 6.54 Å². The zero-order valence-electron chi connectivity index (χ0n) is 14.6. The Labute approximate surface area is 134 Å². The zero-order chi connectivity index (χ0) is 16.6. The Bertz CT molecular complexity index is 449. The van der Waals surface area contributed by atoms with E-state index in [1.165, 1.54) is 5.56 Å². The van der Waals surface area contributed by atoms with Crippen molar-refractivity contribution < 1.29 is 9.53 Å². The van der Waals surface area contributed by atoms with Crippen molar-refractivity contribution in [2.45, 2.75) is 72.2 Å². The molecule has 0 aliphatic rings. The molecule has 0 aliphatic carbocycles. The molecule has 0 aromatic carbocycles.